The van der Waals surface area contributed by atoms with E-state index >= 15 is 0 Å². The number of nitrogens with one attached hydrogen (secondary N) is 2. The first-order valence-corrected chi connectivity index (χ1v) is 5.51. The number of aryl methyl sites for hydroxylation is 1. The van der Waals surface area contributed by atoms with Crippen LogP contribution in [-0.2, 0) is 11.3 Å². The van der Waals surface area contributed by atoms with Gasteiger partial charge >= 0.3 is 0 Å². The second-order valence-electron chi connectivity index (χ2n) is 4.41. The summed E-state index contributed by atoms with van der Waals surface area (Å²) >= 11 is 0. The van der Waals surface area contributed by atoms with Gasteiger partial charge in [-0.3, -0.25) is 9.89 Å². The summed E-state index contributed by atoms with van der Waals surface area (Å²) in [6.45, 7) is 6.46. The van der Waals surface area contributed by atoms with Crippen molar-refractivity contribution in [2.45, 2.75) is 39.8 Å². The number of carbonyl (C=O) groups is 1. The van der Waals surface area contributed by atoms with Gasteiger partial charge in [0.25, 0.3) is 0 Å². The molecule has 4 N–H and O–H groups in total. The third-order valence-corrected chi connectivity index (χ3v) is 2.69. The lowest BCUT2D eigenvalue weighted by atomic mass is 10.0. The summed E-state index contributed by atoms with van der Waals surface area (Å²) in [7, 11) is 0. The van der Waals surface area contributed by atoms with Crippen molar-refractivity contribution < 1.29 is 4.79 Å². The van der Waals surface area contributed by atoms with Crippen LogP contribution in [0.25, 0.3) is 0 Å². The molecule has 1 atom stereocenters. The van der Waals surface area contributed by atoms with Crippen LogP contribution in [0.2, 0.25) is 0 Å². The van der Waals surface area contributed by atoms with Crippen LogP contribution in [0, 0.1) is 12.8 Å². The van der Waals surface area contributed by atoms with Crippen molar-refractivity contribution in [3.8, 4) is 0 Å². The number of H-pyrrole nitrogens is 1. The number of nitrogens with zero attached hydrogens (tertiary/aromatic N) is 1. The van der Waals surface area contributed by atoms with Crippen LogP contribution < -0.4 is 11.1 Å². The third-order valence-electron chi connectivity index (χ3n) is 2.69. The van der Waals surface area contributed by atoms with Gasteiger partial charge in [0.1, 0.15) is 0 Å². The molecule has 5 heteroatoms. The van der Waals surface area contributed by atoms with E-state index in [0.717, 1.165) is 11.3 Å². The van der Waals surface area contributed by atoms with Crippen molar-refractivity contribution in [3.63, 3.8) is 0 Å². The van der Waals surface area contributed by atoms with Crippen LogP contribution in [0.15, 0.2) is 6.20 Å². The molecule has 0 radical (unpaired) electrons. The number of hydrogen-bond donors (Lipinski definition) is 3. The molecule has 0 aliphatic carbocycles. The molecule has 0 saturated heterocycles. The normalized spacial score (nSPS) is 12.8. The fraction of sp³-hybridized carbons (Fsp3) is 0.636. The van der Waals surface area contributed by atoms with E-state index in [1.54, 1.807) is 6.20 Å². The van der Waals surface area contributed by atoms with Crippen LogP contribution in [0.3, 0.4) is 0 Å². The predicted molar refractivity (Wildman–Crippen MR) is 62.6 cm³/mol. The first-order valence-electron chi connectivity index (χ1n) is 5.51. The van der Waals surface area contributed by atoms with Gasteiger partial charge in [0.15, 0.2) is 0 Å². The Labute approximate surface area is 95.8 Å². The van der Waals surface area contributed by atoms with Gasteiger partial charge in [0.2, 0.25) is 5.91 Å². The zero-order valence-corrected chi connectivity index (χ0v) is 10.1. The van der Waals surface area contributed by atoms with Crippen molar-refractivity contribution in [3.05, 3.63) is 17.5 Å². The number of carbonyl (C=O) groups excluding carboxylic acids is 1. The number of nitrogens with two attached hydrogens (primary N) is 1. The van der Waals surface area contributed by atoms with Crippen molar-refractivity contribution >= 4 is 5.91 Å². The van der Waals surface area contributed by atoms with Gasteiger partial charge in [-0.1, -0.05) is 13.8 Å². The molecule has 1 heterocycles. The van der Waals surface area contributed by atoms with E-state index in [1.165, 1.54) is 0 Å². The molecule has 90 valence electrons. The molecule has 0 aliphatic rings. The van der Waals surface area contributed by atoms with E-state index in [9.17, 15) is 4.79 Å². The van der Waals surface area contributed by atoms with Crippen LogP contribution >= 0.6 is 0 Å². The van der Waals surface area contributed by atoms with E-state index in [1.807, 2.05) is 20.8 Å². The van der Waals surface area contributed by atoms with Crippen molar-refractivity contribution in [1.29, 1.82) is 0 Å². The van der Waals surface area contributed by atoms with E-state index in [2.05, 4.69) is 15.5 Å². The van der Waals surface area contributed by atoms with E-state index in [4.69, 9.17) is 5.73 Å². The summed E-state index contributed by atoms with van der Waals surface area (Å²) in [6, 6.07) is -0.0783. The molecule has 1 aromatic heterocycles. The summed E-state index contributed by atoms with van der Waals surface area (Å²) in [5.74, 6) is 0.309. The molecule has 0 saturated carbocycles. The zero-order valence-electron chi connectivity index (χ0n) is 10.1. The first-order chi connectivity index (χ1) is 7.50. The van der Waals surface area contributed by atoms with Gasteiger partial charge in [0, 0.05) is 30.3 Å². The smallest absolute Gasteiger partial charge is 0.221 e. The van der Waals surface area contributed by atoms with Gasteiger partial charge in [-0.2, -0.15) is 5.10 Å². The number of hydrogen-bond acceptors (Lipinski definition) is 3. The first kappa shape index (κ1) is 12.7. The van der Waals surface area contributed by atoms with Crippen LogP contribution in [-0.4, -0.2) is 22.1 Å². The fourth-order valence-electron chi connectivity index (χ4n) is 1.27. The lowest BCUT2D eigenvalue weighted by Gasteiger charge is -2.14. The predicted octanol–water partition coefficient (Wildman–Crippen LogP) is 0.708. The van der Waals surface area contributed by atoms with Gasteiger partial charge in [-0.25, -0.2) is 0 Å². The third kappa shape index (κ3) is 3.66. The molecule has 0 bridgehead atoms. The standard InChI is InChI=1S/C11H20N4O/c1-7(2)10(12)4-11(16)13-5-9-6-14-15-8(9)3/h6-7,10H,4-5,12H2,1-3H3,(H,13,16)(H,14,15). The zero-order chi connectivity index (χ0) is 12.1. The minimum absolute atomic E-state index is 0.0122. The van der Waals surface area contributed by atoms with E-state index < -0.39 is 0 Å². The van der Waals surface area contributed by atoms with Gasteiger partial charge in [-0.15, -0.1) is 0 Å². The Morgan fingerprint density at radius 2 is 2.31 bits per heavy atom. The molecular formula is C11H20N4O. The Bertz CT molecular complexity index is 346. The highest BCUT2D eigenvalue weighted by Gasteiger charge is 2.12. The second kappa shape index (κ2) is 5.65. The maximum Gasteiger partial charge on any atom is 0.221 e. The largest absolute Gasteiger partial charge is 0.352 e. The minimum Gasteiger partial charge on any atom is -0.352 e. The lowest BCUT2D eigenvalue weighted by molar-refractivity contribution is -0.121. The molecule has 0 spiro atoms. The van der Waals surface area contributed by atoms with Crippen LogP contribution in [0.5, 0.6) is 0 Å². The summed E-state index contributed by atoms with van der Waals surface area (Å²) in [4.78, 5) is 11.5. The number of aromatic nitrogens is 2. The average Bonchev–Trinajstić information content (AvgIpc) is 2.61. The molecule has 0 fully saturated rings. The molecule has 1 aromatic rings. The molecule has 1 amide bonds. The van der Waals surface area contributed by atoms with E-state index in [-0.39, 0.29) is 11.9 Å². The lowest BCUT2D eigenvalue weighted by Crippen LogP contribution is -2.34. The van der Waals surface area contributed by atoms with Crippen molar-refractivity contribution in [2.75, 3.05) is 0 Å². The van der Waals surface area contributed by atoms with Gasteiger partial charge in [0.05, 0.1) is 6.20 Å². The minimum atomic E-state index is -0.0783. The summed E-state index contributed by atoms with van der Waals surface area (Å²) in [6.07, 6.45) is 2.09. The molecular weight excluding hydrogens is 204 g/mol. The Balaban J connectivity index is 2.33. The Kier molecular flexibility index (Phi) is 4.49. The summed E-state index contributed by atoms with van der Waals surface area (Å²) in [5, 5.41) is 9.55. The van der Waals surface area contributed by atoms with Gasteiger partial charge < -0.3 is 11.1 Å². The van der Waals surface area contributed by atoms with Crippen molar-refractivity contribution in [2.24, 2.45) is 11.7 Å². The molecule has 16 heavy (non-hydrogen) atoms. The maximum absolute atomic E-state index is 11.5. The Morgan fingerprint density at radius 3 is 2.81 bits per heavy atom. The number of aromatic amines is 1. The quantitative estimate of drug-likeness (QED) is 0.688. The Morgan fingerprint density at radius 1 is 1.62 bits per heavy atom. The highest BCUT2D eigenvalue weighted by molar-refractivity contribution is 5.76. The Hall–Kier alpha value is -1.36. The molecule has 5 nitrogen and oxygen atoms in total. The molecule has 0 aromatic carbocycles. The van der Waals surface area contributed by atoms with Crippen LogP contribution in [0.4, 0.5) is 0 Å². The topological polar surface area (TPSA) is 83.8 Å². The second-order valence-corrected chi connectivity index (χ2v) is 4.41. The fourth-order valence-corrected chi connectivity index (χ4v) is 1.27. The molecule has 0 aliphatic heterocycles. The van der Waals surface area contributed by atoms with Gasteiger partial charge in [-0.05, 0) is 12.8 Å². The summed E-state index contributed by atoms with van der Waals surface area (Å²) < 4.78 is 0. The monoisotopic (exact) mass is 224 g/mol. The van der Waals surface area contributed by atoms with Crippen molar-refractivity contribution in [1.82, 2.24) is 15.5 Å². The highest BCUT2D eigenvalue weighted by Crippen LogP contribution is 2.04. The summed E-state index contributed by atoms with van der Waals surface area (Å²) in [5.41, 5.74) is 7.80. The SMILES string of the molecule is Cc1[nH]ncc1CNC(=O)CC(N)C(C)C. The average molecular weight is 224 g/mol. The molecule has 1 rings (SSSR count). The highest BCUT2D eigenvalue weighted by atomic mass is 16.1. The number of rotatable bonds is 5. The van der Waals surface area contributed by atoms with E-state index in [0.29, 0.717) is 18.9 Å². The number of amides is 1. The maximum atomic E-state index is 11.5. The molecule has 1 unspecified atom stereocenters. The van der Waals surface area contributed by atoms with Crippen LogP contribution in [0.1, 0.15) is 31.5 Å².